The zero-order valence-corrected chi connectivity index (χ0v) is 15.5. The molecular formula is C18H25N3O2S. The summed E-state index contributed by atoms with van der Waals surface area (Å²) in [6, 6.07) is 10.5. The molecule has 1 N–H and O–H groups in total. The van der Waals surface area contributed by atoms with E-state index in [1.807, 2.05) is 6.07 Å². The third-order valence-electron chi connectivity index (χ3n) is 3.81. The number of carbonyl (C=O) groups is 1. The molecule has 0 fully saturated rings. The van der Waals surface area contributed by atoms with E-state index in [4.69, 9.17) is 4.52 Å². The number of thioether (sulfide) groups is 1. The molecule has 0 saturated carbocycles. The maximum Gasteiger partial charge on any atom is 0.230 e. The standard InChI is InChI=1S/C18H25N3O2S/c1-13(10-18(3,4)15-8-6-5-7-9-15)19-17(22)12-24-11-16-20-14(2)23-21-16/h5-9,13H,10-12H2,1-4H3,(H,19,22). The molecule has 0 spiro atoms. The Morgan fingerprint density at radius 3 is 2.67 bits per heavy atom. The zero-order chi connectivity index (χ0) is 17.6. The van der Waals surface area contributed by atoms with Gasteiger partial charge in [0.2, 0.25) is 11.8 Å². The Labute approximate surface area is 147 Å². The second kappa shape index (κ2) is 8.33. The van der Waals surface area contributed by atoms with Crippen molar-refractivity contribution in [2.75, 3.05) is 5.75 Å². The van der Waals surface area contributed by atoms with E-state index in [1.54, 1.807) is 6.92 Å². The molecule has 1 heterocycles. The lowest BCUT2D eigenvalue weighted by Gasteiger charge is -2.29. The van der Waals surface area contributed by atoms with Crippen LogP contribution >= 0.6 is 11.8 Å². The molecule has 0 aliphatic carbocycles. The molecule has 0 saturated heterocycles. The summed E-state index contributed by atoms with van der Waals surface area (Å²) < 4.78 is 4.91. The van der Waals surface area contributed by atoms with E-state index in [0.29, 0.717) is 23.2 Å². The van der Waals surface area contributed by atoms with Crippen LogP contribution in [0.5, 0.6) is 0 Å². The maximum atomic E-state index is 12.1. The van der Waals surface area contributed by atoms with Crippen LogP contribution in [0.1, 0.15) is 44.5 Å². The summed E-state index contributed by atoms with van der Waals surface area (Å²) in [6.07, 6.45) is 0.886. The van der Waals surface area contributed by atoms with Gasteiger partial charge in [0.15, 0.2) is 5.82 Å². The highest BCUT2D eigenvalue weighted by Gasteiger charge is 2.23. The summed E-state index contributed by atoms with van der Waals surface area (Å²) in [4.78, 5) is 16.2. The van der Waals surface area contributed by atoms with Gasteiger partial charge in [-0.3, -0.25) is 4.79 Å². The van der Waals surface area contributed by atoms with E-state index >= 15 is 0 Å². The van der Waals surface area contributed by atoms with Gasteiger partial charge in [0.1, 0.15) is 0 Å². The average molecular weight is 347 g/mol. The van der Waals surface area contributed by atoms with Crippen LogP contribution in [0.2, 0.25) is 0 Å². The lowest BCUT2D eigenvalue weighted by Crippen LogP contribution is -2.38. The van der Waals surface area contributed by atoms with Gasteiger partial charge in [0, 0.05) is 13.0 Å². The fourth-order valence-corrected chi connectivity index (χ4v) is 3.45. The average Bonchev–Trinajstić information content (AvgIpc) is 2.93. The molecule has 1 atom stereocenters. The second-order valence-corrected chi connectivity index (χ2v) is 7.63. The molecule has 2 aromatic rings. The van der Waals surface area contributed by atoms with Gasteiger partial charge in [-0.05, 0) is 24.3 Å². The minimum atomic E-state index is 0.0171. The van der Waals surface area contributed by atoms with Gasteiger partial charge < -0.3 is 9.84 Å². The van der Waals surface area contributed by atoms with Crippen molar-refractivity contribution in [3.05, 3.63) is 47.6 Å². The van der Waals surface area contributed by atoms with E-state index in [-0.39, 0.29) is 17.4 Å². The predicted octanol–water partition coefficient (Wildman–Crippen LogP) is 3.48. The fraction of sp³-hybridized carbons (Fsp3) is 0.500. The zero-order valence-electron chi connectivity index (χ0n) is 14.7. The van der Waals surface area contributed by atoms with E-state index in [2.05, 4.69) is 60.5 Å². The molecule has 2 rings (SSSR count). The van der Waals surface area contributed by atoms with Crippen molar-refractivity contribution >= 4 is 17.7 Å². The first-order valence-corrected chi connectivity index (χ1v) is 9.24. The Balaban J connectivity index is 1.75. The first kappa shape index (κ1) is 18.5. The monoisotopic (exact) mass is 347 g/mol. The number of nitrogens with one attached hydrogen (secondary N) is 1. The largest absolute Gasteiger partial charge is 0.353 e. The maximum absolute atomic E-state index is 12.1. The molecular weight excluding hydrogens is 322 g/mol. The van der Waals surface area contributed by atoms with Crippen molar-refractivity contribution in [2.45, 2.75) is 51.3 Å². The Morgan fingerprint density at radius 2 is 2.04 bits per heavy atom. The summed E-state index contributed by atoms with van der Waals surface area (Å²) in [6.45, 7) is 8.22. The third-order valence-corrected chi connectivity index (χ3v) is 4.74. The van der Waals surface area contributed by atoms with Gasteiger partial charge >= 0.3 is 0 Å². The molecule has 1 aromatic heterocycles. The van der Waals surface area contributed by atoms with Crippen molar-refractivity contribution in [3.63, 3.8) is 0 Å². The molecule has 5 nitrogen and oxygen atoms in total. The van der Waals surface area contributed by atoms with Gasteiger partial charge in [-0.25, -0.2) is 0 Å². The van der Waals surface area contributed by atoms with Gasteiger partial charge in [-0.15, -0.1) is 11.8 Å². The number of aryl methyl sites for hydroxylation is 1. The third kappa shape index (κ3) is 5.67. The minimum Gasteiger partial charge on any atom is -0.353 e. The number of rotatable bonds is 8. The Bertz CT molecular complexity index is 655. The van der Waals surface area contributed by atoms with Crippen LogP contribution in [0.4, 0.5) is 0 Å². The van der Waals surface area contributed by atoms with Crippen molar-refractivity contribution in [1.82, 2.24) is 15.5 Å². The van der Waals surface area contributed by atoms with Crippen molar-refractivity contribution in [1.29, 1.82) is 0 Å². The molecule has 1 amide bonds. The number of carbonyl (C=O) groups excluding carboxylic acids is 1. The molecule has 0 bridgehead atoms. The molecule has 0 radical (unpaired) electrons. The van der Waals surface area contributed by atoms with Crippen LogP contribution in [0.25, 0.3) is 0 Å². The smallest absolute Gasteiger partial charge is 0.230 e. The van der Waals surface area contributed by atoms with Crippen LogP contribution in [0.15, 0.2) is 34.9 Å². The normalized spacial score (nSPS) is 12.8. The highest BCUT2D eigenvalue weighted by atomic mass is 32.2. The number of hydrogen-bond acceptors (Lipinski definition) is 5. The molecule has 6 heteroatoms. The van der Waals surface area contributed by atoms with Crippen molar-refractivity contribution in [2.24, 2.45) is 0 Å². The highest BCUT2D eigenvalue weighted by Crippen LogP contribution is 2.28. The van der Waals surface area contributed by atoms with Gasteiger partial charge in [-0.2, -0.15) is 4.98 Å². The molecule has 130 valence electrons. The predicted molar refractivity (Wildman–Crippen MR) is 96.9 cm³/mol. The van der Waals surface area contributed by atoms with E-state index in [0.717, 1.165) is 6.42 Å². The molecule has 0 aliphatic rings. The number of aromatic nitrogens is 2. The number of benzene rings is 1. The molecule has 24 heavy (non-hydrogen) atoms. The summed E-state index contributed by atoms with van der Waals surface area (Å²) in [5.41, 5.74) is 1.30. The second-order valence-electron chi connectivity index (χ2n) is 6.65. The van der Waals surface area contributed by atoms with E-state index in [1.165, 1.54) is 17.3 Å². The topological polar surface area (TPSA) is 68.0 Å². The first-order valence-electron chi connectivity index (χ1n) is 8.08. The quantitative estimate of drug-likeness (QED) is 0.792. The lowest BCUT2D eigenvalue weighted by molar-refractivity contribution is -0.119. The molecule has 0 aliphatic heterocycles. The highest BCUT2D eigenvalue weighted by molar-refractivity contribution is 7.99. The summed E-state index contributed by atoms with van der Waals surface area (Å²) in [5, 5.41) is 6.89. The van der Waals surface area contributed by atoms with Gasteiger partial charge in [0.05, 0.1) is 11.5 Å². The summed E-state index contributed by atoms with van der Waals surface area (Å²) >= 11 is 1.49. The Kier molecular flexibility index (Phi) is 6.43. The van der Waals surface area contributed by atoms with Gasteiger partial charge in [0.25, 0.3) is 0 Å². The number of hydrogen-bond donors (Lipinski definition) is 1. The van der Waals surface area contributed by atoms with E-state index < -0.39 is 0 Å². The Hall–Kier alpha value is -1.82. The van der Waals surface area contributed by atoms with Crippen LogP contribution < -0.4 is 5.32 Å². The van der Waals surface area contributed by atoms with Crippen molar-refractivity contribution in [3.8, 4) is 0 Å². The minimum absolute atomic E-state index is 0.0171. The molecule has 1 aromatic carbocycles. The van der Waals surface area contributed by atoms with Crippen LogP contribution in [-0.2, 0) is 16.0 Å². The number of nitrogens with zero attached hydrogens (tertiary/aromatic N) is 2. The van der Waals surface area contributed by atoms with E-state index in [9.17, 15) is 4.79 Å². The summed E-state index contributed by atoms with van der Waals surface area (Å²) in [7, 11) is 0. The van der Waals surface area contributed by atoms with Crippen LogP contribution in [0, 0.1) is 6.92 Å². The van der Waals surface area contributed by atoms with Crippen LogP contribution in [-0.4, -0.2) is 27.8 Å². The molecule has 1 unspecified atom stereocenters. The van der Waals surface area contributed by atoms with Crippen LogP contribution in [0.3, 0.4) is 0 Å². The SMILES string of the molecule is Cc1nc(CSCC(=O)NC(C)CC(C)(C)c2ccccc2)no1. The Morgan fingerprint density at radius 1 is 1.33 bits per heavy atom. The fourth-order valence-electron chi connectivity index (χ4n) is 2.78. The first-order chi connectivity index (χ1) is 11.4. The summed E-state index contributed by atoms with van der Waals surface area (Å²) in [5.74, 6) is 2.19. The van der Waals surface area contributed by atoms with Gasteiger partial charge in [-0.1, -0.05) is 49.3 Å². The lowest BCUT2D eigenvalue weighted by atomic mass is 9.79. The number of amides is 1. The van der Waals surface area contributed by atoms with Crippen molar-refractivity contribution < 1.29 is 9.32 Å².